The predicted molar refractivity (Wildman–Crippen MR) is 80.2 cm³/mol. The average Bonchev–Trinajstić information content (AvgIpc) is 2.30. The van der Waals surface area contributed by atoms with Crippen LogP contribution in [0.15, 0.2) is 10.6 Å². The molecule has 2 nitrogen and oxygen atoms in total. The Kier molecular flexibility index (Phi) is 4.80. The molecule has 0 aromatic carbocycles. The lowest BCUT2D eigenvalue weighted by atomic mass is 9.72. The predicted octanol–water partition coefficient (Wildman–Crippen LogP) is 4.72. The van der Waals surface area contributed by atoms with Gasteiger partial charge in [-0.2, -0.15) is 0 Å². The molecule has 1 atom stereocenters. The van der Waals surface area contributed by atoms with Gasteiger partial charge in [0.05, 0.1) is 11.8 Å². The molecule has 0 aromatic rings. The fourth-order valence-electron chi connectivity index (χ4n) is 2.84. The topological polar surface area (TPSA) is 26.3 Å². The second-order valence-electron chi connectivity index (χ2n) is 6.21. The van der Waals surface area contributed by atoms with Crippen molar-refractivity contribution < 1.29 is 9.30 Å². The quantitative estimate of drug-likeness (QED) is 0.686. The minimum Gasteiger partial charge on any atom is -0.383 e. The van der Waals surface area contributed by atoms with Crippen molar-refractivity contribution in [1.82, 2.24) is 0 Å². The summed E-state index contributed by atoms with van der Waals surface area (Å²) in [6.45, 7) is 10.9. The van der Waals surface area contributed by atoms with E-state index in [1.165, 1.54) is 5.57 Å². The first-order valence-corrected chi connectivity index (χ1v) is 9.10. The molecule has 0 saturated carbocycles. The molecule has 18 heavy (non-hydrogen) atoms. The van der Waals surface area contributed by atoms with E-state index in [2.05, 4.69) is 20.8 Å². The molecule has 1 aliphatic rings. The van der Waals surface area contributed by atoms with Gasteiger partial charge in [-0.05, 0) is 29.7 Å². The first-order valence-electron chi connectivity index (χ1n) is 6.65. The Bertz CT molecular complexity index is 387. The molecule has 1 rings (SSSR count). The summed E-state index contributed by atoms with van der Waals surface area (Å²) in [6.07, 6.45) is 2.21. The summed E-state index contributed by atoms with van der Waals surface area (Å²) in [5, 5.41) is 0.402. The number of ether oxygens (including phenoxy) is 1. The lowest BCUT2D eigenvalue weighted by Crippen LogP contribution is -2.46. The van der Waals surface area contributed by atoms with Crippen LogP contribution in [0.25, 0.3) is 0 Å². The highest BCUT2D eigenvalue weighted by atomic mass is 35.5. The highest BCUT2D eigenvalue weighted by Gasteiger charge is 2.57. The summed E-state index contributed by atoms with van der Waals surface area (Å²) < 4.78 is 18.5. The summed E-state index contributed by atoms with van der Waals surface area (Å²) in [4.78, 5) is 0. The molecular weight excluding hydrogens is 267 g/mol. The SMILES string of the molecule is CCP(=O)(CC)C1(COC)CC(C(C)(C)C)=C1Cl. The molecule has 0 spiro atoms. The van der Waals surface area contributed by atoms with Gasteiger partial charge < -0.3 is 9.30 Å². The molecule has 0 radical (unpaired) electrons. The van der Waals surface area contributed by atoms with E-state index in [0.29, 0.717) is 18.9 Å². The van der Waals surface area contributed by atoms with Crippen molar-refractivity contribution in [2.45, 2.75) is 46.2 Å². The second kappa shape index (κ2) is 5.31. The third-order valence-electron chi connectivity index (χ3n) is 4.23. The Morgan fingerprint density at radius 2 is 1.83 bits per heavy atom. The van der Waals surface area contributed by atoms with E-state index >= 15 is 0 Å². The molecule has 1 aliphatic carbocycles. The highest BCUT2D eigenvalue weighted by Crippen LogP contribution is 2.70. The molecule has 0 saturated heterocycles. The smallest absolute Gasteiger partial charge is 0.101 e. The lowest BCUT2D eigenvalue weighted by molar-refractivity contribution is 0.164. The van der Waals surface area contributed by atoms with Gasteiger partial charge in [0.1, 0.15) is 7.14 Å². The van der Waals surface area contributed by atoms with Crippen molar-refractivity contribution in [3.05, 3.63) is 10.6 Å². The van der Waals surface area contributed by atoms with Crippen LogP contribution in [0.3, 0.4) is 0 Å². The molecule has 0 bridgehead atoms. The maximum Gasteiger partial charge on any atom is 0.101 e. The third-order valence-corrected chi connectivity index (χ3v) is 9.07. The third kappa shape index (κ3) is 2.32. The van der Waals surface area contributed by atoms with Crippen LogP contribution >= 0.6 is 18.7 Å². The zero-order chi connectivity index (χ0) is 14.2. The summed E-state index contributed by atoms with van der Waals surface area (Å²) in [6, 6.07) is 0. The Balaban J connectivity index is 3.25. The van der Waals surface area contributed by atoms with Crippen LogP contribution in [0, 0.1) is 5.41 Å². The largest absolute Gasteiger partial charge is 0.383 e. The van der Waals surface area contributed by atoms with Gasteiger partial charge in [0.25, 0.3) is 0 Å². The monoisotopic (exact) mass is 292 g/mol. The minimum absolute atomic E-state index is 0.0562. The van der Waals surface area contributed by atoms with Crippen LogP contribution in [0.4, 0.5) is 0 Å². The van der Waals surface area contributed by atoms with Gasteiger partial charge in [0, 0.05) is 12.1 Å². The number of rotatable bonds is 5. The molecule has 0 aliphatic heterocycles. The number of hydrogen-bond acceptors (Lipinski definition) is 2. The Hall–Kier alpha value is 0.220. The molecule has 106 valence electrons. The van der Waals surface area contributed by atoms with E-state index in [1.54, 1.807) is 7.11 Å². The zero-order valence-corrected chi connectivity index (χ0v) is 14.1. The summed E-state index contributed by atoms with van der Waals surface area (Å²) >= 11 is 6.57. The zero-order valence-electron chi connectivity index (χ0n) is 12.5. The van der Waals surface area contributed by atoms with Crippen molar-refractivity contribution >= 4 is 18.7 Å². The summed E-state index contributed by atoms with van der Waals surface area (Å²) in [5.41, 5.74) is 1.30. The fraction of sp³-hybridized carbons (Fsp3) is 0.857. The summed E-state index contributed by atoms with van der Waals surface area (Å²) in [5.74, 6) is 0. The second-order valence-corrected chi connectivity index (χ2v) is 10.5. The number of methoxy groups -OCH3 is 1. The van der Waals surface area contributed by atoms with E-state index < -0.39 is 12.3 Å². The molecule has 1 unspecified atom stereocenters. The lowest BCUT2D eigenvalue weighted by Gasteiger charge is -2.51. The molecule has 0 amide bonds. The Labute approximate surface area is 116 Å². The van der Waals surface area contributed by atoms with E-state index in [9.17, 15) is 4.57 Å². The van der Waals surface area contributed by atoms with Crippen LogP contribution in [-0.4, -0.2) is 31.2 Å². The van der Waals surface area contributed by atoms with Crippen molar-refractivity contribution in [2.24, 2.45) is 5.41 Å². The average molecular weight is 293 g/mol. The van der Waals surface area contributed by atoms with Crippen molar-refractivity contribution in [2.75, 3.05) is 26.0 Å². The van der Waals surface area contributed by atoms with Gasteiger partial charge in [0.15, 0.2) is 0 Å². The van der Waals surface area contributed by atoms with Crippen LogP contribution in [-0.2, 0) is 9.30 Å². The van der Waals surface area contributed by atoms with Crippen LogP contribution < -0.4 is 0 Å². The highest BCUT2D eigenvalue weighted by molar-refractivity contribution is 7.66. The molecular formula is C14H26ClO2P. The molecule has 0 N–H and O–H groups in total. The molecule has 0 aromatic heterocycles. The van der Waals surface area contributed by atoms with E-state index in [4.69, 9.17) is 16.3 Å². The van der Waals surface area contributed by atoms with Crippen molar-refractivity contribution in [3.63, 3.8) is 0 Å². The number of allylic oxidation sites excluding steroid dienone is 1. The van der Waals surface area contributed by atoms with Crippen LogP contribution in [0.2, 0.25) is 0 Å². The van der Waals surface area contributed by atoms with Gasteiger partial charge in [0.2, 0.25) is 0 Å². The van der Waals surface area contributed by atoms with Crippen LogP contribution in [0.5, 0.6) is 0 Å². The first kappa shape index (κ1) is 16.3. The molecule has 0 heterocycles. The molecule has 0 fully saturated rings. The van der Waals surface area contributed by atoms with Gasteiger partial charge >= 0.3 is 0 Å². The van der Waals surface area contributed by atoms with Gasteiger partial charge in [-0.25, -0.2) is 0 Å². The number of halogens is 1. The van der Waals surface area contributed by atoms with E-state index in [1.807, 2.05) is 13.8 Å². The maximum atomic E-state index is 13.1. The van der Waals surface area contributed by atoms with E-state index in [0.717, 1.165) is 11.5 Å². The summed E-state index contributed by atoms with van der Waals surface area (Å²) in [7, 11) is -0.647. The van der Waals surface area contributed by atoms with Gasteiger partial charge in [-0.3, -0.25) is 0 Å². The minimum atomic E-state index is -2.31. The van der Waals surface area contributed by atoms with Gasteiger partial charge in [-0.1, -0.05) is 46.2 Å². The maximum absolute atomic E-state index is 13.1. The molecule has 4 heteroatoms. The van der Waals surface area contributed by atoms with Crippen molar-refractivity contribution in [1.29, 1.82) is 0 Å². The normalized spacial score (nSPS) is 25.3. The van der Waals surface area contributed by atoms with Crippen molar-refractivity contribution in [3.8, 4) is 0 Å². The van der Waals surface area contributed by atoms with E-state index in [-0.39, 0.29) is 5.41 Å². The fourth-order valence-corrected chi connectivity index (χ4v) is 6.73. The number of hydrogen-bond donors (Lipinski definition) is 0. The standard InChI is InChI=1S/C14H26ClO2P/c1-7-18(16,8-2)14(10-17-6)9-11(12(14)15)13(3,4)5/h7-10H2,1-6H3. The Morgan fingerprint density at radius 3 is 2.11 bits per heavy atom. The Morgan fingerprint density at radius 1 is 1.33 bits per heavy atom. The van der Waals surface area contributed by atoms with Gasteiger partial charge in [-0.15, -0.1) is 0 Å². The van der Waals surface area contributed by atoms with Crippen LogP contribution in [0.1, 0.15) is 41.0 Å². The first-order chi connectivity index (χ1) is 8.18.